The van der Waals surface area contributed by atoms with Crippen LogP contribution in [0.3, 0.4) is 0 Å². The van der Waals surface area contributed by atoms with Crippen LogP contribution in [0.1, 0.15) is 9.75 Å². The molecule has 98 valence electrons. The number of hydrogen-bond acceptors (Lipinski definition) is 3. The molecular formula is C14H14N2OS2. The van der Waals surface area contributed by atoms with Crippen LogP contribution in [0.5, 0.6) is 5.75 Å². The van der Waals surface area contributed by atoms with Gasteiger partial charge in [-0.05, 0) is 43.4 Å². The monoisotopic (exact) mass is 290 g/mol. The van der Waals surface area contributed by atoms with Gasteiger partial charge in [0.2, 0.25) is 0 Å². The van der Waals surface area contributed by atoms with Crippen molar-refractivity contribution < 1.29 is 4.74 Å². The number of thiophene rings is 1. The van der Waals surface area contributed by atoms with Gasteiger partial charge < -0.3 is 14.3 Å². The van der Waals surface area contributed by atoms with Crippen LogP contribution in [0, 0.1) is 11.7 Å². The molecule has 1 N–H and O–H groups in total. The topological polar surface area (TPSA) is 29.9 Å². The number of nitrogens with zero attached hydrogens (tertiary/aromatic N) is 1. The average Bonchev–Trinajstić information content (AvgIpc) is 2.94. The molecule has 0 aliphatic rings. The Hall–Kier alpha value is -1.59. The molecule has 5 heteroatoms. The molecule has 0 saturated heterocycles. The van der Waals surface area contributed by atoms with Crippen LogP contribution < -0.4 is 4.74 Å². The summed E-state index contributed by atoms with van der Waals surface area (Å²) in [4.78, 5) is 5.85. The largest absolute Gasteiger partial charge is 0.497 e. The molecule has 2 aromatic heterocycles. The Labute approximate surface area is 120 Å². The highest BCUT2D eigenvalue weighted by atomic mass is 32.1. The van der Waals surface area contributed by atoms with Gasteiger partial charge in [-0.1, -0.05) is 0 Å². The molecule has 1 aromatic carbocycles. The lowest BCUT2D eigenvalue weighted by atomic mass is 10.3. The van der Waals surface area contributed by atoms with Crippen LogP contribution in [0.25, 0.3) is 11.0 Å². The summed E-state index contributed by atoms with van der Waals surface area (Å²) in [7, 11) is 1.68. The first-order valence-electron chi connectivity index (χ1n) is 5.99. The predicted octanol–water partition coefficient (Wildman–Crippen LogP) is 4.13. The minimum Gasteiger partial charge on any atom is -0.497 e. The lowest BCUT2D eigenvalue weighted by molar-refractivity contribution is 0.415. The summed E-state index contributed by atoms with van der Waals surface area (Å²) in [5, 5.41) is 0. The number of aromatic amines is 1. The molecule has 0 aliphatic heterocycles. The highest BCUT2D eigenvalue weighted by Crippen LogP contribution is 2.23. The van der Waals surface area contributed by atoms with Crippen LogP contribution in [0.4, 0.5) is 0 Å². The van der Waals surface area contributed by atoms with Gasteiger partial charge in [-0.25, -0.2) is 0 Å². The first-order chi connectivity index (χ1) is 9.17. The standard InChI is InChI=1S/C14H14N2OS2/c1-9-3-5-11(19-9)8-16-13-7-10(17-2)4-6-12(13)15-14(16)18/h3-7H,8H2,1-2H3,(H,15,18). The number of imidazole rings is 1. The Balaban J connectivity index is 2.11. The molecule has 2 heterocycles. The smallest absolute Gasteiger partial charge is 0.178 e. The van der Waals surface area contributed by atoms with Crippen molar-refractivity contribution in [2.75, 3.05) is 7.11 Å². The van der Waals surface area contributed by atoms with E-state index in [1.807, 2.05) is 18.2 Å². The SMILES string of the molecule is COc1ccc2[nH]c(=S)n(Cc3ccc(C)s3)c2c1. The Morgan fingerprint density at radius 2 is 2.16 bits per heavy atom. The van der Waals surface area contributed by atoms with E-state index in [-0.39, 0.29) is 0 Å². The lowest BCUT2D eigenvalue weighted by Crippen LogP contribution is -1.97. The second kappa shape index (κ2) is 4.83. The molecule has 0 saturated carbocycles. The molecule has 19 heavy (non-hydrogen) atoms. The van der Waals surface area contributed by atoms with E-state index in [0.717, 1.165) is 28.1 Å². The van der Waals surface area contributed by atoms with Crippen molar-refractivity contribution >= 4 is 34.6 Å². The second-order valence-corrected chi connectivity index (χ2v) is 6.17. The van der Waals surface area contributed by atoms with Gasteiger partial charge in [-0.2, -0.15) is 0 Å². The maximum atomic E-state index is 5.41. The van der Waals surface area contributed by atoms with E-state index >= 15 is 0 Å². The van der Waals surface area contributed by atoms with Gasteiger partial charge in [-0.15, -0.1) is 11.3 Å². The number of ether oxygens (including phenoxy) is 1. The van der Waals surface area contributed by atoms with Gasteiger partial charge in [0.1, 0.15) is 5.75 Å². The van der Waals surface area contributed by atoms with Crippen LogP contribution in [0.15, 0.2) is 30.3 Å². The summed E-state index contributed by atoms with van der Waals surface area (Å²) in [6.45, 7) is 2.91. The molecule has 3 nitrogen and oxygen atoms in total. The van der Waals surface area contributed by atoms with E-state index in [4.69, 9.17) is 17.0 Å². The number of methoxy groups -OCH3 is 1. The summed E-state index contributed by atoms with van der Waals surface area (Å²) in [5.74, 6) is 0.845. The van der Waals surface area contributed by atoms with Gasteiger partial charge >= 0.3 is 0 Å². The van der Waals surface area contributed by atoms with Crippen molar-refractivity contribution in [3.63, 3.8) is 0 Å². The van der Waals surface area contributed by atoms with Crippen LogP contribution in [0.2, 0.25) is 0 Å². The summed E-state index contributed by atoms with van der Waals surface area (Å²) in [5.41, 5.74) is 2.12. The highest BCUT2D eigenvalue weighted by molar-refractivity contribution is 7.71. The zero-order valence-electron chi connectivity index (χ0n) is 10.8. The van der Waals surface area contributed by atoms with Crippen LogP contribution in [-0.4, -0.2) is 16.7 Å². The lowest BCUT2D eigenvalue weighted by Gasteiger charge is -2.04. The third-order valence-corrected chi connectivity index (χ3v) is 4.40. The molecule has 0 bridgehead atoms. The number of hydrogen-bond donors (Lipinski definition) is 1. The highest BCUT2D eigenvalue weighted by Gasteiger charge is 2.07. The number of aromatic nitrogens is 2. The normalized spacial score (nSPS) is 11.1. The maximum absolute atomic E-state index is 5.41. The fourth-order valence-electron chi connectivity index (χ4n) is 2.14. The summed E-state index contributed by atoms with van der Waals surface area (Å²) < 4.78 is 8.14. The Morgan fingerprint density at radius 3 is 2.84 bits per heavy atom. The van der Waals surface area contributed by atoms with Gasteiger partial charge in [0.25, 0.3) is 0 Å². The van der Waals surface area contributed by atoms with Crippen molar-refractivity contribution in [2.24, 2.45) is 0 Å². The summed E-state index contributed by atoms with van der Waals surface area (Å²) >= 11 is 7.21. The van der Waals surface area contributed by atoms with Crippen molar-refractivity contribution in [3.8, 4) is 5.75 Å². The minimum atomic E-state index is 0.745. The second-order valence-electron chi connectivity index (χ2n) is 4.41. The first kappa shape index (κ1) is 12.4. The molecule has 3 aromatic rings. The van der Waals surface area contributed by atoms with Crippen LogP contribution >= 0.6 is 23.6 Å². The molecule has 0 amide bonds. The number of rotatable bonds is 3. The molecule has 0 fully saturated rings. The zero-order valence-corrected chi connectivity index (χ0v) is 12.4. The van der Waals surface area contributed by atoms with Crippen molar-refractivity contribution in [3.05, 3.63) is 44.9 Å². The first-order valence-corrected chi connectivity index (χ1v) is 7.22. The van der Waals surface area contributed by atoms with Crippen molar-refractivity contribution in [1.29, 1.82) is 0 Å². The number of fused-ring (bicyclic) bond motifs is 1. The number of benzene rings is 1. The number of aryl methyl sites for hydroxylation is 1. The van der Waals surface area contributed by atoms with E-state index in [1.54, 1.807) is 18.4 Å². The number of H-pyrrole nitrogens is 1. The third kappa shape index (κ3) is 2.31. The Kier molecular flexibility index (Phi) is 3.16. The van der Waals surface area contributed by atoms with Gasteiger partial charge in [-0.3, -0.25) is 0 Å². The minimum absolute atomic E-state index is 0.745. The molecule has 0 radical (unpaired) electrons. The molecule has 3 rings (SSSR count). The van der Waals surface area contributed by atoms with E-state index in [2.05, 4.69) is 28.6 Å². The predicted molar refractivity (Wildman–Crippen MR) is 81.8 cm³/mol. The molecule has 0 unspecified atom stereocenters. The molecular weight excluding hydrogens is 276 g/mol. The van der Waals surface area contributed by atoms with E-state index in [0.29, 0.717) is 0 Å². The Morgan fingerprint density at radius 1 is 1.32 bits per heavy atom. The van der Waals surface area contributed by atoms with Crippen molar-refractivity contribution in [2.45, 2.75) is 13.5 Å². The van der Waals surface area contributed by atoms with Gasteiger partial charge in [0.05, 0.1) is 24.7 Å². The average molecular weight is 290 g/mol. The zero-order chi connectivity index (χ0) is 13.4. The van der Waals surface area contributed by atoms with E-state index < -0.39 is 0 Å². The van der Waals surface area contributed by atoms with E-state index in [1.165, 1.54) is 9.75 Å². The third-order valence-electron chi connectivity index (χ3n) is 3.09. The van der Waals surface area contributed by atoms with Crippen LogP contribution in [-0.2, 0) is 6.54 Å². The summed E-state index contributed by atoms with van der Waals surface area (Å²) in [6.07, 6.45) is 0. The Bertz CT molecular complexity index is 782. The molecule has 0 atom stereocenters. The summed E-state index contributed by atoms with van der Waals surface area (Å²) in [6, 6.07) is 10.2. The molecule has 0 spiro atoms. The molecule has 0 aliphatic carbocycles. The number of nitrogens with one attached hydrogen (secondary N) is 1. The maximum Gasteiger partial charge on any atom is 0.178 e. The fourth-order valence-corrected chi connectivity index (χ4v) is 3.29. The van der Waals surface area contributed by atoms with Gasteiger partial charge in [0, 0.05) is 15.8 Å². The van der Waals surface area contributed by atoms with Gasteiger partial charge in [0.15, 0.2) is 4.77 Å². The quantitative estimate of drug-likeness (QED) is 0.735. The fraction of sp³-hybridized carbons (Fsp3) is 0.214. The van der Waals surface area contributed by atoms with E-state index in [9.17, 15) is 0 Å². The van der Waals surface area contributed by atoms with Crippen molar-refractivity contribution in [1.82, 2.24) is 9.55 Å².